The third kappa shape index (κ3) is 31.5. The van der Waals surface area contributed by atoms with Crippen LogP contribution < -0.4 is 0 Å². The van der Waals surface area contributed by atoms with Crippen molar-refractivity contribution in [3.63, 3.8) is 0 Å². The summed E-state index contributed by atoms with van der Waals surface area (Å²) in [7, 11) is 0. The number of rotatable bonds is 45. The van der Waals surface area contributed by atoms with E-state index in [1.54, 1.807) is 0 Å². The van der Waals surface area contributed by atoms with Crippen molar-refractivity contribution < 1.29 is 69.0 Å². The van der Waals surface area contributed by atoms with Gasteiger partial charge in [-0.15, -0.1) is 0 Å². The fourth-order valence-electron chi connectivity index (χ4n) is 8.68. The molecule has 0 radical (unpaired) electrons. The third-order valence-electron chi connectivity index (χ3n) is 13.3. The maximum absolute atomic E-state index is 13.1. The molecule has 0 aromatic carbocycles. The fraction of sp³-hybridized carbons (Fsp3) is 0.810. The van der Waals surface area contributed by atoms with Gasteiger partial charge in [0, 0.05) is 13.0 Å². The van der Waals surface area contributed by atoms with Crippen molar-refractivity contribution in [3.8, 4) is 0 Å². The summed E-state index contributed by atoms with van der Waals surface area (Å²) in [4.78, 5) is 13.1. The maximum atomic E-state index is 13.1. The highest BCUT2D eigenvalue weighted by Gasteiger charge is 2.47. The summed E-state index contributed by atoms with van der Waals surface area (Å²) in [6.45, 7) is 3.55. The van der Waals surface area contributed by atoms with E-state index in [2.05, 4.69) is 74.6 Å². The summed E-state index contributed by atoms with van der Waals surface area (Å²) in [5, 5.41) is 72.3. The van der Waals surface area contributed by atoms with E-state index in [0.29, 0.717) is 13.0 Å². The summed E-state index contributed by atoms with van der Waals surface area (Å²) >= 11 is 0. The Balaban J connectivity index is 1.74. The Kier molecular flexibility index (Phi) is 41.1. The van der Waals surface area contributed by atoms with Crippen molar-refractivity contribution in [2.45, 2.75) is 268 Å². The van der Waals surface area contributed by atoms with Gasteiger partial charge in [-0.3, -0.25) is 4.79 Å². The molecule has 0 aliphatic carbocycles. The molecule has 2 rings (SSSR count). The molecule has 2 fully saturated rings. The second-order valence-electron chi connectivity index (χ2n) is 19.7. The second-order valence-corrected chi connectivity index (χ2v) is 19.7. The molecule has 0 saturated carbocycles. The molecular weight excluding hydrogens is 921 g/mol. The number of carbonyl (C=O) groups excluding carboxylic acids is 1. The van der Waals surface area contributed by atoms with Gasteiger partial charge in [0.25, 0.3) is 0 Å². The van der Waals surface area contributed by atoms with Crippen molar-refractivity contribution in [2.24, 2.45) is 0 Å². The number of ether oxygens (including phenoxy) is 6. The van der Waals surface area contributed by atoms with Crippen LogP contribution in [-0.4, -0.2) is 142 Å². The van der Waals surface area contributed by atoms with Crippen molar-refractivity contribution in [3.05, 3.63) is 60.8 Å². The lowest BCUT2D eigenvalue weighted by Gasteiger charge is -2.42. The molecule has 0 amide bonds. The predicted octanol–water partition coefficient (Wildman–Crippen LogP) is 9.69. The Labute approximate surface area is 434 Å². The van der Waals surface area contributed by atoms with E-state index >= 15 is 0 Å². The minimum Gasteiger partial charge on any atom is -0.457 e. The van der Waals surface area contributed by atoms with Crippen LogP contribution in [0.15, 0.2) is 60.8 Å². The lowest BCUT2D eigenvalue weighted by atomic mass is 9.98. The molecule has 2 heterocycles. The lowest BCUT2D eigenvalue weighted by Crippen LogP contribution is -2.61. The van der Waals surface area contributed by atoms with Crippen LogP contribution in [0.4, 0.5) is 0 Å². The average Bonchev–Trinajstić information content (AvgIpc) is 3.38. The zero-order valence-corrected chi connectivity index (χ0v) is 44.7. The Morgan fingerprint density at radius 2 is 0.903 bits per heavy atom. The van der Waals surface area contributed by atoms with Gasteiger partial charge in [0.05, 0.1) is 26.4 Å². The fourth-order valence-corrected chi connectivity index (χ4v) is 8.68. The van der Waals surface area contributed by atoms with Gasteiger partial charge < -0.3 is 64.2 Å². The van der Waals surface area contributed by atoms with Crippen LogP contribution in [0.2, 0.25) is 0 Å². The summed E-state index contributed by atoms with van der Waals surface area (Å²) < 4.78 is 34.4. The minimum absolute atomic E-state index is 0.0506. The Morgan fingerprint density at radius 1 is 0.472 bits per heavy atom. The average molecular weight is 1020 g/mol. The second kappa shape index (κ2) is 44.9. The van der Waals surface area contributed by atoms with E-state index in [0.717, 1.165) is 83.5 Å². The van der Waals surface area contributed by atoms with Crippen LogP contribution in [-0.2, 0) is 33.2 Å². The van der Waals surface area contributed by atoms with Gasteiger partial charge in [0.15, 0.2) is 12.6 Å². The van der Waals surface area contributed by atoms with E-state index in [1.165, 1.54) is 89.9 Å². The number of aliphatic hydroxyl groups excluding tert-OH is 7. The van der Waals surface area contributed by atoms with Crippen molar-refractivity contribution in [1.29, 1.82) is 0 Å². The van der Waals surface area contributed by atoms with Crippen LogP contribution in [0.25, 0.3) is 0 Å². The van der Waals surface area contributed by atoms with Gasteiger partial charge in [0.1, 0.15) is 54.9 Å². The SMILES string of the molecule is CC/C=C\C/C=C\C/C=C\C/C=C\CCCCCCCCCOCC(COC1OC(COC2OC(CO)C(O)C(O)C2O)C(O)C(O)C1O)OC(=O)CCCCCCCCC/C=C\CCCCCCCCC. The number of hydrogen-bond acceptors (Lipinski definition) is 14. The maximum Gasteiger partial charge on any atom is 0.306 e. The normalized spacial score (nSPS) is 25.6. The Bertz CT molecular complexity index is 1420. The summed E-state index contributed by atoms with van der Waals surface area (Å²) in [6, 6.07) is 0. The Hall–Kier alpha value is -2.31. The molecule has 2 saturated heterocycles. The molecule has 2 aliphatic rings. The molecule has 0 aromatic heterocycles. The topological polar surface area (TPSA) is 214 Å². The van der Waals surface area contributed by atoms with E-state index < -0.39 is 80.7 Å². The first kappa shape index (κ1) is 65.8. The molecular formula is C58H102O14. The van der Waals surface area contributed by atoms with Crippen molar-refractivity contribution in [2.75, 3.05) is 33.0 Å². The summed E-state index contributed by atoms with van der Waals surface area (Å²) in [6.07, 6.45) is 38.4. The van der Waals surface area contributed by atoms with Gasteiger partial charge in [0.2, 0.25) is 0 Å². The van der Waals surface area contributed by atoms with Gasteiger partial charge in [-0.2, -0.15) is 0 Å². The molecule has 14 nitrogen and oxygen atoms in total. The first-order chi connectivity index (χ1) is 35.1. The minimum atomic E-state index is -1.71. The highest BCUT2D eigenvalue weighted by molar-refractivity contribution is 5.69. The number of hydrogen-bond donors (Lipinski definition) is 7. The van der Waals surface area contributed by atoms with E-state index in [4.69, 9.17) is 28.4 Å². The highest BCUT2D eigenvalue weighted by atomic mass is 16.7. The van der Waals surface area contributed by atoms with Gasteiger partial charge in [-0.1, -0.05) is 177 Å². The number of unbranched alkanes of at least 4 members (excludes halogenated alkanes) is 21. The zero-order chi connectivity index (χ0) is 52.3. The number of carbonyl (C=O) groups is 1. The van der Waals surface area contributed by atoms with E-state index in [1.807, 2.05) is 0 Å². The summed E-state index contributed by atoms with van der Waals surface area (Å²) in [5.41, 5.74) is 0. The lowest BCUT2D eigenvalue weighted by molar-refractivity contribution is -0.332. The molecule has 0 aromatic rings. The van der Waals surface area contributed by atoms with Gasteiger partial charge in [-0.05, 0) is 77.0 Å². The first-order valence-electron chi connectivity index (χ1n) is 28.4. The largest absolute Gasteiger partial charge is 0.457 e. The molecule has 14 heteroatoms. The zero-order valence-electron chi connectivity index (χ0n) is 44.7. The van der Waals surface area contributed by atoms with Crippen LogP contribution in [0.5, 0.6) is 0 Å². The summed E-state index contributed by atoms with van der Waals surface area (Å²) in [5.74, 6) is -0.385. The standard InChI is InChI=1S/C58H102O14/c1-3-5-7-9-11-13-15-17-19-21-23-24-26-28-30-32-34-36-38-40-42-67-44-47(70-50(60)41-39-37-35-33-31-29-27-25-22-20-18-16-14-12-10-8-6-4-2)45-68-57-56(66)54(64)52(62)49(72-57)46-69-58-55(65)53(63)51(61)48(43-59)71-58/h5,7,11,13,17,19-20,22-24,47-49,51-59,61-66H,3-4,6,8-10,12,14-16,18,21,25-46H2,1-2H3/b7-5-,13-11-,19-17-,22-20-,24-23-. The van der Waals surface area contributed by atoms with Crippen LogP contribution in [0, 0.1) is 0 Å². The Morgan fingerprint density at radius 3 is 1.43 bits per heavy atom. The molecule has 72 heavy (non-hydrogen) atoms. The molecule has 0 bridgehead atoms. The molecule has 0 spiro atoms. The predicted molar refractivity (Wildman–Crippen MR) is 284 cm³/mol. The van der Waals surface area contributed by atoms with Crippen LogP contribution in [0.1, 0.15) is 200 Å². The number of esters is 1. The highest BCUT2D eigenvalue weighted by Crippen LogP contribution is 2.26. The number of allylic oxidation sites excluding steroid dienone is 10. The molecule has 11 unspecified atom stereocenters. The smallest absolute Gasteiger partial charge is 0.306 e. The van der Waals surface area contributed by atoms with Gasteiger partial charge in [-0.25, -0.2) is 0 Å². The van der Waals surface area contributed by atoms with Crippen LogP contribution in [0.3, 0.4) is 0 Å². The molecule has 11 atom stereocenters. The molecule has 7 N–H and O–H groups in total. The van der Waals surface area contributed by atoms with Gasteiger partial charge >= 0.3 is 5.97 Å². The van der Waals surface area contributed by atoms with Crippen molar-refractivity contribution in [1.82, 2.24) is 0 Å². The molecule has 418 valence electrons. The molecule has 2 aliphatic heterocycles. The quantitative estimate of drug-likeness (QED) is 0.0172. The van der Waals surface area contributed by atoms with E-state index in [-0.39, 0.29) is 25.6 Å². The third-order valence-corrected chi connectivity index (χ3v) is 13.3. The first-order valence-corrected chi connectivity index (χ1v) is 28.4. The van der Waals surface area contributed by atoms with Crippen molar-refractivity contribution >= 4 is 5.97 Å². The monoisotopic (exact) mass is 1020 g/mol. The van der Waals surface area contributed by atoms with Crippen LogP contribution >= 0.6 is 0 Å². The number of aliphatic hydroxyl groups is 7. The van der Waals surface area contributed by atoms with E-state index in [9.17, 15) is 40.5 Å².